The smallest absolute Gasteiger partial charge is 0.227 e. The van der Waals surface area contributed by atoms with Crippen molar-refractivity contribution in [1.29, 1.82) is 0 Å². The summed E-state index contributed by atoms with van der Waals surface area (Å²) in [6, 6.07) is 0.112. The third-order valence-electron chi connectivity index (χ3n) is 5.14. The normalized spacial score (nSPS) is 32.1. The first-order valence-electron chi connectivity index (χ1n) is 7.16. The van der Waals surface area contributed by atoms with Gasteiger partial charge in [0.25, 0.3) is 0 Å². The lowest BCUT2D eigenvalue weighted by molar-refractivity contribution is -0.135. The summed E-state index contributed by atoms with van der Waals surface area (Å²) >= 11 is 0. The number of hydrogen-bond acceptors (Lipinski definition) is 2. The highest BCUT2D eigenvalue weighted by Gasteiger charge is 2.41. The molecular weight excluding hydrogens is 212 g/mol. The molecule has 1 amide bonds. The minimum absolute atomic E-state index is 0.111. The SMILES string of the molecule is CCC1(CC)CCN(C(=O)C2CCCC2N)C1. The Hall–Kier alpha value is -0.570. The van der Waals surface area contributed by atoms with Gasteiger partial charge in [0.2, 0.25) is 5.91 Å². The Morgan fingerprint density at radius 2 is 2.06 bits per heavy atom. The molecule has 1 saturated heterocycles. The maximum Gasteiger partial charge on any atom is 0.227 e. The lowest BCUT2D eigenvalue weighted by Crippen LogP contribution is -2.41. The fourth-order valence-corrected chi connectivity index (χ4v) is 3.48. The van der Waals surface area contributed by atoms with E-state index in [1.54, 1.807) is 0 Å². The van der Waals surface area contributed by atoms with Gasteiger partial charge < -0.3 is 10.6 Å². The zero-order valence-corrected chi connectivity index (χ0v) is 11.2. The predicted octanol–water partition coefficient (Wildman–Crippen LogP) is 2.15. The summed E-state index contributed by atoms with van der Waals surface area (Å²) in [5.41, 5.74) is 6.42. The standard InChI is InChI=1S/C14H26N2O/c1-3-14(4-2)8-9-16(10-14)13(17)11-6-5-7-12(11)15/h11-12H,3-10,15H2,1-2H3. The van der Waals surface area contributed by atoms with E-state index in [9.17, 15) is 4.79 Å². The third kappa shape index (κ3) is 2.35. The van der Waals surface area contributed by atoms with Crippen LogP contribution >= 0.6 is 0 Å². The van der Waals surface area contributed by atoms with Gasteiger partial charge in [-0.15, -0.1) is 0 Å². The summed E-state index contributed by atoms with van der Waals surface area (Å²) < 4.78 is 0. The highest BCUT2D eigenvalue weighted by Crippen LogP contribution is 2.38. The first-order chi connectivity index (χ1) is 8.12. The first-order valence-corrected chi connectivity index (χ1v) is 7.16. The molecule has 2 aliphatic rings. The lowest BCUT2D eigenvalue weighted by atomic mass is 9.82. The topological polar surface area (TPSA) is 46.3 Å². The number of nitrogens with zero attached hydrogens (tertiary/aromatic N) is 1. The molecule has 1 aliphatic carbocycles. The monoisotopic (exact) mass is 238 g/mol. The lowest BCUT2D eigenvalue weighted by Gasteiger charge is -2.28. The molecule has 3 heteroatoms. The molecule has 0 radical (unpaired) electrons. The summed E-state index contributed by atoms with van der Waals surface area (Å²) in [6.45, 7) is 6.41. The van der Waals surface area contributed by atoms with Crippen molar-refractivity contribution in [2.24, 2.45) is 17.1 Å². The largest absolute Gasteiger partial charge is 0.342 e. The number of rotatable bonds is 3. The van der Waals surface area contributed by atoms with E-state index in [0.29, 0.717) is 11.3 Å². The average molecular weight is 238 g/mol. The van der Waals surface area contributed by atoms with E-state index in [2.05, 4.69) is 18.7 Å². The summed E-state index contributed by atoms with van der Waals surface area (Å²) in [5.74, 6) is 0.443. The molecule has 1 heterocycles. The molecule has 0 bridgehead atoms. The predicted molar refractivity (Wildman–Crippen MR) is 69.5 cm³/mol. The van der Waals surface area contributed by atoms with Crippen LogP contribution in [0, 0.1) is 11.3 Å². The Kier molecular flexibility index (Phi) is 3.76. The van der Waals surface area contributed by atoms with Gasteiger partial charge in [-0.05, 0) is 37.5 Å². The second kappa shape index (κ2) is 4.97. The highest BCUT2D eigenvalue weighted by atomic mass is 16.2. The zero-order valence-electron chi connectivity index (χ0n) is 11.2. The van der Waals surface area contributed by atoms with Crippen LogP contribution in [-0.4, -0.2) is 29.9 Å². The van der Waals surface area contributed by atoms with Crippen molar-refractivity contribution in [3.05, 3.63) is 0 Å². The minimum Gasteiger partial charge on any atom is -0.342 e. The molecule has 2 N–H and O–H groups in total. The van der Waals surface area contributed by atoms with Gasteiger partial charge in [-0.3, -0.25) is 4.79 Å². The van der Waals surface area contributed by atoms with Crippen LogP contribution in [-0.2, 0) is 4.79 Å². The molecule has 0 aromatic rings. The average Bonchev–Trinajstić information content (AvgIpc) is 2.95. The third-order valence-corrected chi connectivity index (χ3v) is 5.14. The summed E-state index contributed by atoms with van der Waals surface area (Å²) in [4.78, 5) is 14.5. The molecule has 17 heavy (non-hydrogen) atoms. The molecule has 0 aromatic carbocycles. The minimum atomic E-state index is 0.111. The molecule has 2 fully saturated rings. The van der Waals surface area contributed by atoms with Crippen molar-refractivity contribution in [3.8, 4) is 0 Å². The molecule has 1 saturated carbocycles. The highest BCUT2D eigenvalue weighted by molar-refractivity contribution is 5.80. The Morgan fingerprint density at radius 1 is 1.35 bits per heavy atom. The molecular formula is C14H26N2O. The Bertz CT molecular complexity index is 286. The second-order valence-corrected chi connectivity index (χ2v) is 5.92. The van der Waals surface area contributed by atoms with Gasteiger partial charge in [0, 0.05) is 19.1 Å². The number of amides is 1. The number of hydrogen-bond donors (Lipinski definition) is 1. The van der Waals surface area contributed by atoms with E-state index < -0.39 is 0 Å². The molecule has 0 aromatic heterocycles. The van der Waals surface area contributed by atoms with Crippen LogP contribution in [0.4, 0.5) is 0 Å². The summed E-state index contributed by atoms with van der Waals surface area (Å²) in [7, 11) is 0. The fourth-order valence-electron chi connectivity index (χ4n) is 3.48. The second-order valence-electron chi connectivity index (χ2n) is 5.92. The fraction of sp³-hybridized carbons (Fsp3) is 0.929. The number of likely N-dealkylation sites (tertiary alicyclic amines) is 1. The van der Waals surface area contributed by atoms with Crippen molar-refractivity contribution in [3.63, 3.8) is 0 Å². The molecule has 0 spiro atoms. The maximum atomic E-state index is 12.4. The van der Waals surface area contributed by atoms with E-state index in [1.165, 1.54) is 19.3 Å². The maximum absolute atomic E-state index is 12.4. The van der Waals surface area contributed by atoms with Crippen LogP contribution in [0.5, 0.6) is 0 Å². The van der Waals surface area contributed by atoms with Gasteiger partial charge in [-0.25, -0.2) is 0 Å². The van der Waals surface area contributed by atoms with Gasteiger partial charge >= 0.3 is 0 Å². The van der Waals surface area contributed by atoms with Crippen LogP contribution < -0.4 is 5.73 Å². The van der Waals surface area contributed by atoms with Crippen LogP contribution in [0.3, 0.4) is 0 Å². The Labute approximate surface area is 105 Å². The van der Waals surface area contributed by atoms with Crippen LogP contribution in [0.2, 0.25) is 0 Å². The molecule has 98 valence electrons. The van der Waals surface area contributed by atoms with Gasteiger partial charge in [0.15, 0.2) is 0 Å². The van der Waals surface area contributed by atoms with E-state index >= 15 is 0 Å². The van der Waals surface area contributed by atoms with Crippen molar-refractivity contribution in [2.75, 3.05) is 13.1 Å². The van der Waals surface area contributed by atoms with Crippen molar-refractivity contribution >= 4 is 5.91 Å². The summed E-state index contributed by atoms with van der Waals surface area (Å²) in [6.07, 6.45) is 6.69. The quantitative estimate of drug-likeness (QED) is 0.819. The number of nitrogens with two attached hydrogens (primary N) is 1. The van der Waals surface area contributed by atoms with Crippen LogP contribution in [0.25, 0.3) is 0 Å². The summed E-state index contributed by atoms with van der Waals surface area (Å²) in [5, 5.41) is 0. The zero-order chi connectivity index (χ0) is 12.5. The molecule has 2 unspecified atom stereocenters. The van der Waals surface area contributed by atoms with E-state index in [0.717, 1.165) is 32.4 Å². The van der Waals surface area contributed by atoms with E-state index in [4.69, 9.17) is 5.73 Å². The van der Waals surface area contributed by atoms with Gasteiger partial charge in [-0.1, -0.05) is 20.3 Å². The van der Waals surface area contributed by atoms with Crippen LogP contribution in [0.15, 0.2) is 0 Å². The van der Waals surface area contributed by atoms with Crippen molar-refractivity contribution < 1.29 is 4.79 Å². The molecule has 2 atom stereocenters. The van der Waals surface area contributed by atoms with Crippen LogP contribution in [0.1, 0.15) is 52.4 Å². The number of carbonyl (C=O) groups excluding carboxylic acids is 1. The van der Waals surface area contributed by atoms with E-state index in [-0.39, 0.29) is 12.0 Å². The molecule has 1 aliphatic heterocycles. The first kappa shape index (κ1) is 12.9. The van der Waals surface area contributed by atoms with E-state index in [1.807, 2.05) is 0 Å². The van der Waals surface area contributed by atoms with Crippen molar-refractivity contribution in [2.45, 2.75) is 58.4 Å². The van der Waals surface area contributed by atoms with Gasteiger partial charge in [0.1, 0.15) is 0 Å². The van der Waals surface area contributed by atoms with Gasteiger partial charge in [0.05, 0.1) is 5.92 Å². The Morgan fingerprint density at radius 3 is 2.53 bits per heavy atom. The molecule has 3 nitrogen and oxygen atoms in total. The Balaban J connectivity index is 1.98. The van der Waals surface area contributed by atoms with Crippen molar-refractivity contribution in [1.82, 2.24) is 4.90 Å². The number of carbonyl (C=O) groups is 1. The van der Waals surface area contributed by atoms with Gasteiger partial charge in [-0.2, -0.15) is 0 Å². The molecule has 2 rings (SSSR count).